The molecular formula is C16H22N2S. The van der Waals surface area contributed by atoms with Gasteiger partial charge in [-0.25, -0.2) is 0 Å². The fraction of sp³-hybridized carbons (Fsp3) is 0.375. The molecule has 2 aromatic rings. The molecular weight excluding hydrogens is 252 g/mol. The SMILES string of the molecule is CNCc1ccc(CN(C)C(C)c2cccs2)cc1. The van der Waals surface area contributed by atoms with Crippen molar-refractivity contribution in [3.8, 4) is 0 Å². The number of thiophene rings is 1. The van der Waals surface area contributed by atoms with E-state index in [9.17, 15) is 0 Å². The maximum atomic E-state index is 3.17. The molecule has 1 N–H and O–H groups in total. The lowest BCUT2D eigenvalue weighted by molar-refractivity contribution is 0.256. The summed E-state index contributed by atoms with van der Waals surface area (Å²) >= 11 is 1.83. The molecule has 1 atom stereocenters. The van der Waals surface area contributed by atoms with Crippen molar-refractivity contribution in [2.45, 2.75) is 26.1 Å². The molecule has 1 aromatic carbocycles. The highest BCUT2D eigenvalue weighted by Gasteiger charge is 2.12. The topological polar surface area (TPSA) is 15.3 Å². The Morgan fingerprint density at radius 3 is 2.42 bits per heavy atom. The van der Waals surface area contributed by atoms with Crippen LogP contribution < -0.4 is 5.32 Å². The lowest BCUT2D eigenvalue weighted by Crippen LogP contribution is -2.21. The Bertz CT molecular complexity index is 476. The number of hydrogen-bond acceptors (Lipinski definition) is 3. The van der Waals surface area contributed by atoms with Crippen LogP contribution in [0.25, 0.3) is 0 Å². The highest BCUT2D eigenvalue weighted by Crippen LogP contribution is 2.24. The number of rotatable bonds is 6. The van der Waals surface area contributed by atoms with E-state index >= 15 is 0 Å². The number of hydrogen-bond donors (Lipinski definition) is 1. The lowest BCUT2D eigenvalue weighted by Gasteiger charge is -2.24. The number of benzene rings is 1. The van der Waals surface area contributed by atoms with Crippen LogP contribution in [0.15, 0.2) is 41.8 Å². The summed E-state index contributed by atoms with van der Waals surface area (Å²) in [7, 11) is 4.16. The second-order valence-electron chi connectivity index (χ2n) is 4.95. The van der Waals surface area contributed by atoms with E-state index in [1.54, 1.807) is 0 Å². The molecule has 2 nitrogen and oxygen atoms in total. The minimum atomic E-state index is 0.469. The first-order valence-electron chi connectivity index (χ1n) is 6.66. The molecule has 102 valence electrons. The summed E-state index contributed by atoms with van der Waals surface area (Å²) in [6, 6.07) is 13.7. The molecule has 0 aliphatic rings. The van der Waals surface area contributed by atoms with Gasteiger partial charge < -0.3 is 5.32 Å². The first kappa shape index (κ1) is 14.3. The Balaban J connectivity index is 1.96. The van der Waals surface area contributed by atoms with Crippen LogP contribution in [0.3, 0.4) is 0 Å². The van der Waals surface area contributed by atoms with Crippen molar-refractivity contribution in [1.82, 2.24) is 10.2 Å². The minimum Gasteiger partial charge on any atom is -0.316 e. The third kappa shape index (κ3) is 3.90. The van der Waals surface area contributed by atoms with Gasteiger partial charge in [0.1, 0.15) is 0 Å². The van der Waals surface area contributed by atoms with E-state index in [1.807, 2.05) is 18.4 Å². The van der Waals surface area contributed by atoms with Crippen LogP contribution in [-0.4, -0.2) is 19.0 Å². The van der Waals surface area contributed by atoms with E-state index < -0.39 is 0 Å². The second-order valence-corrected chi connectivity index (χ2v) is 5.93. The first-order valence-corrected chi connectivity index (χ1v) is 7.54. The minimum absolute atomic E-state index is 0.469. The fourth-order valence-corrected chi connectivity index (χ4v) is 2.99. The average molecular weight is 274 g/mol. The van der Waals surface area contributed by atoms with Crippen molar-refractivity contribution < 1.29 is 0 Å². The molecule has 0 aliphatic carbocycles. The molecule has 1 heterocycles. The van der Waals surface area contributed by atoms with Gasteiger partial charge >= 0.3 is 0 Å². The summed E-state index contributed by atoms with van der Waals surface area (Å²) in [5.41, 5.74) is 2.70. The number of nitrogens with one attached hydrogen (secondary N) is 1. The lowest BCUT2D eigenvalue weighted by atomic mass is 10.1. The van der Waals surface area contributed by atoms with Crippen LogP contribution in [0.5, 0.6) is 0 Å². The van der Waals surface area contributed by atoms with Gasteiger partial charge in [-0.3, -0.25) is 4.90 Å². The molecule has 0 saturated carbocycles. The Kier molecular flexibility index (Phi) is 5.14. The molecule has 1 unspecified atom stereocenters. The van der Waals surface area contributed by atoms with E-state index in [-0.39, 0.29) is 0 Å². The van der Waals surface area contributed by atoms with Crippen LogP contribution in [0, 0.1) is 0 Å². The summed E-state index contributed by atoms with van der Waals surface area (Å²) in [5.74, 6) is 0. The van der Waals surface area contributed by atoms with Crippen molar-refractivity contribution in [2.24, 2.45) is 0 Å². The summed E-state index contributed by atoms with van der Waals surface area (Å²) < 4.78 is 0. The number of nitrogens with zero attached hydrogens (tertiary/aromatic N) is 1. The van der Waals surface area contributed by atoms with E-state index in [1.165, 1.54) is 16.0 Å². The summed E-state index contributed by atoms with van der Waals surface area (Å²) in [5, 5.41) is 5.32. The van der Waals surface area contributed by atoms with E-state index in [4.69, 9.17) is 0 Å². The molecule has 1 aromatic heterocycles. The van der Waals surface area contributed by atoms with Gasteiger partial charge in [0.2, 0.25) is 0 Å². The molecule has 0 bridgehead atoms. The largest absolute Gasteiger partial charge is 0.316 e. The van der Waals surface area contributed by atoms with Crippen LogP contribution in [0.4, 0.5) is 0 Å². The molecule has 2 rings (SSSR count). The molecule has 0 saturated heterocycles. The zero-order valence-electron chi connectivity index (χ0n) is 11.9. The molecule has 0 amide bonds. The Morgan fingerprint density at radius 1 is 1.16 bits per heavy atom. The van der Waals surface area contributed by atoms with E-state index in [0.29, 0.717) is 6.04 Å². The van der Waals surface area contributed by atoms with Gasteiger partial charge in [-0.1, -0.05) is 30.3 Å². The van der Waals surface area contributed by atoms with Gasteiger partial charge in [0.05, 0.1) is 0 Å². The standard InChI is InChI=1S/C16H22N2S/c1-13(16-5-4-10-19-16)18(3)12-15-8-6-14(7-9-15)11-17-2/h4-10,13,17H,11-12H2,1-3H3. The van der Waals surface area contributed by atoms with Gasteiger partial charge in [0.15, 0.2) is 0 Å². The van der Waals surface area contributed by atoms with Gasteiger partial charge in [0, 0.05) is 24.0 Å². The molecule has 0 fully saturated rings. The molecule has 0 aliphatic heterocycles. The highest BCUT2D eigenvalue weighted by molar-refractivity contribution is 7.10. The predicted octanol–water partition coefficient (Wildman–Crippen LogP) is 3.66. The predicted molar refractivity (Wildman–Crippen MR) is 83.4 cm³/mol. The molecule has 19 heavy (non-hydrogen) atoms. The quantitative estimate of drug-likeness (QED) is 0.865. The third-order valence-electron chi connectivity index (χ3n) is 3.45. The summed E-state index contributed by atoms with van der Waals surface area (Å²) in [4.78, 5) is 3.81. The normalized spacial score (nSPS) is 12.8. The molecule has 3 heteroatoms. The van der Waals surface area contributed by atoms with Crippen molar-refractivity contribution in [3.63, 3.8) is 0 Å². The highest BCUT2D eigenvalue weighted by atomic mass is 32.1. The molecule has 0 radical (unpaired) electrons. The Labute approximate surface area is 120 Å². The third-order valence-corrected chi connectivity index (χ3v) is 4.49. The zero-order chi connectivity index (χ0) is 13.7. The van der Waals surface area contributed by atoms with Gasteiger partial charge in [-0.2, -0.15) is 0 Å². The van der Waals surface area contributed by atoms with Crippen LogP contribution in [0.2, 0.25) is 0 Å². The maximum Gasteiger partial charge on any atom is 0.0413 e. The smallest absolute Gasteiger partial charge is 0.0413 e. The monoisotopic (exact) mass is 274 g/mol. The van der Waals surface area contributed by atoms with E-state index in [2.05, 4.69) is 66.0 Å². The fourth-order valence-electron chi connectivity index (χ4n) is 2.14. The van der Waals surface area contributed by atoms with Gasteiger partial charge in [0.25, 0.3) is 0 Å². The maximum absolute atomic E-state index is 3.17. The zero-order valence-corrected chi connectivity index (χ0v) is 12.7. The molecule has 0 spiro atoms. The van der Waals surface area contributed by atoms with Crippen molar-refractivity contribution >= 4 is 11.3 Å². The van der Waals surface area contributed by atoms with Crippen molar-refractivity contribution in [3.05, 3.63) is 57.8 Å². The first-order chi connectivity index (χ1) is 9.20. The van der Waals surface area contributed by atoms with Crippen molar-refractivity contribution in [1.29, 1.82) is 0 Å². The summed E-state index contributed by atoms with van der Waals surface area (Å²) in [6.07, 6.45) is 0. The Hall–Kier alpha value is -1.16. The van der Waals surface area contributed by atoms with Crippen molar-refractivity contribution in [2.75, 3.05) is 14.1 Å². The average Bonchev–Trinajstić information content (AvgIpc) is 2.94. The van der Waals surface area contributed by atoms with Crippen LogP contribution >= 0.6 is 11.3 Å². The Morgan fingerprint density at radius 2 is 1.84 bits per heavy atom. The summed E-state index contributed by atoms with van der Waals surface area (Å²) in [6.45, 7) is 4.18. The van der Waals surface area contributed by atoms with E-state index in [0.717, 1.165) is 13.1 Å². The van der Waals surface area contributed by atoms with Crippen LogP contribution in [0.1, 0.15) is 29.0 Å². The van der Waals surface area contributed by atoms with Gasteiger partial charge in [-0.05, 0) is 43.6 Å². The van der Waals surface area contributed by atoms with Gasteiger partial charge in [-0.15, -0.1) is 11.3 Å². The van der Waals surface area contributed by atoms with Crippen LogP contribution in [-0.2, 0) is 13.1 Å². The second kappa shape index (κ2) is 6.85.